The first-order valence-corrected chi connectivity index (χ1v) is 13.8. The number of ether oxygens (including phenoxy) is 2. The number of esters is 1. The lowest BCUT2D eigenvalue weighted by molar-refractivity contribution is 0.0224. The number of carbonyl (C=O) groups is 1. The molecule has 4 aromatic carbocycles. The Labute approximate surface area is 230 Å². The molecule has 1 spiro atoms. The van der Waals surface area contributed by atoms with Gasteiger partial charge in [-0.2, -0.15) is 0 Å². The highest BCUT2D eigenvalue weighted by Gasteiger charge is 2.53. The fraction of sp³-hybridized carbons (Fsp3) is 0.265. The van der Waals surface area contributed by atoms with Crippen molar-refractivity contribution in [2.24, 2.45) is 0 Å². The third kappa shape index (κ3) is 4.13. The summed E-state index contributed by atoms with van der Waals surface area (Å²) in [6, 6.07) is 26.5. The molecule has 5 heteroatoms. The van der Waals surface area contributed by atoms with E-state index in [9.17, 15) is 4.79 Å². The Hall–Kier alpha value is -4.25. The molecule has 0 saturated heterocycles. The van der Waals surface area contributed by atoms with E-state index in [0.29, 0.717) is 11.3 Å². The summed E-state index contributed by atoms with van der Waals surface area (Å²) in [5, 5.41) is 3.56. The molecule has 2 aliphatic heterocycles. The molecule has 2 heterocycles. The van der Waals surface area contributed by atoms with Gasteiger partial charge in [0.05, 0.1) is 5.56 Å². The summed E-state index contributed by atoms with van der Waals surface area (Å²) < 4.78 is 13.0. The van der Waals surface area contributed by atoms with Gasteiger partial charge in [-0.15, -0.1) is 0 Å². The van der Waals surface area contributed by atoms with E-state index in [1.54, 1.807) is 0 Å². The van der Waals surface area contributed by atoms with Gasteiger partial charge in [0.25, 0.3) is 0 Å². The number of anilines is 3. The van der Waals surface area contributed by atoms with Crippen LogP contribution in [0.15, 0.2) is 78.9 Å². The third-order valence-electron chi connectivity index (χ3n) is 7.73. The number of fused-ring (bicyclic) bond motifs is 6. The predicted octanol–water partition coefficient (Wildman–Crippen LogP) is 8.24. The van der Waals surface area contributed by atoms with Crippen LogP contribution in [0.5, 0.6) is 11.5 Å². The van der Waals surface area contributed by atoms with Crippen LogP contribution < -0.4 is 15.0 Å². The van der Waals surface area contributed by atoms with E-state index in [2.05, 4.69) is 86.4 Å². The number of aryl methyl sites for hydroxylation is 2. The number of rotatable bonds is 7. The molecule has 0 radical (unpaired) electrons. The first-order valence-electron chi connectivity index (χ1n) is 13.8. The van der Waals surface area contributed by atoms with Gasteiger partial charge in [0.15, 0.2) is 5.60 Å². The van der Waals surface area contributed by atoms with Crippen LogP contribution in [0.3, 0.4) is 0 Å². The highest BCUT2D eigenvalue weighted by Crippen LogP contribution is 2.57. The molecule has 1 unspecified atom stereocenters. The fourth-order valence-corrected chi connectivity index (χ4v) is 5.84. The molecular formula is C34H34N2O3. The minimum atomic E-state index is -1.09. The molecule has 198 valence electrons. The van der Waals surface area contributed by atoms with E-state index < -0.39 is 5.60 Å². The molecule has 5 nitrogen and oxygen atoms in total. The SMILES string of the molecule is CCCN(CCC)c1ccc2c(c1)Oc1cc(C)c(Nc3ccc(C)cc3)cc1C21OC(=O)c2ccccc21. The lowest BCUT2D eigenvalue weighted by Gasteiger charge is -2.38. The number of benzene rings is 4. The Morgan fingerprint density at radius 1 is 0.795 bits per heavy atom. The Bertz CT molecular complexity index is 1550. The van der Waals surface area contributed by atoms with Gasteiger partial charge in [0.1, 0.15) is 11.5 Å². The maximum absolute atomic E-state index is 13.3. The van der Waals surface area contributed by atoms with Gasteiger partial charge < -0.3 is 19.7 Å². The van der Waals surface area contributed by atoms with Crippen molar-refractivity contribution in [2.45, 2.75) is 46.1 Å². The fourth-order valence-electron chi connectivity index (χ4n) is 5.84. The van der Waals surface area contributed by atoms with Crippen LogP contribution in [0.4, 0.5) is 17.1 Å². The maximum Gasteiger partial charge on any atom is 0.340 e. The molecule has 0 fully saturated rings. The van der Waals surface area contributed by atoms with E-state index in [0.717, 1.165) is 71.0 Å². The Morgan fingerprint density at radius 3 is 2.26 bits per heavy atom. The smallest absolute Gasteiger partial charge is 0.340 e. The molecule has 0 bridgehead atoms. The molecular weight excluding hydrogens is 484 g/mol. The molecule has 0 amide bonds. The molecule has 0 saturated carbocycles. The molecule has 2 aliphatic rings. The van der Waals surface area contributed by atoms with Crippen LogP contribution in [0.2, 0.25) is 0 Å². The molecule has 1 atom stereocenters. The van der Waals surface area contributed by atoms with Gasteiger partial charge in [-0.25, -0.2) is 4.79 Å². The van der Waals surface area contributed by atoms with E-state index in [1.807, 2.05) is 30.3 Å². The van der Waals surface area contributed by atoms with E-state index in [4.69, 9.17) is 9.47 Å². The van der Waals surface area contributed by atoms with Gasteiger partial charge in [-0.05, 0) is 74.7 Å². The van der Waals surface area contributed by atoms with Gasteiger partial charge >= 0.3 is 5.97 Å². The van der Waals surface area contributed by atoms with Crippen molar-refractivity contribution in [1.82, 2.24) is 0 Å². The number of nitrogens with one attached hydrogen (secondary N) is 1. The number of hydrogen-bond donors (Lipinski definition) is 1. The van der Waals surface area contributed by atoms with Gasteiger partial charge in [-0.3, -0.25) is 0 Å². The van der Waals surface area contributed by atoms with Crippen molar-refractivity contribution < 1.29 is 14.3 Å². The monoisotopic (exact) mass is 518 g/mol. The topological polar surface area (TPSA) is 50.8 Å². The van der Waals surface area contributed by atoms with Crippen molar-refractivity contribution in [2.75, 3.05) is 23.3 Å². The minimum absolute atomic E-state index is 0.319. The lowest BCUT2D eigenvalue weighted by Crippen LogP contribution is -2.33. The summed E-state index contributed by atoms with van der Waals surface area (Å²) in [6.07, 6.45) is 2.12. The zero-order valence-corrected chi connectivity index (χ0v) is 23.0. The number of carbonyl (C=O) groups excluding carboxylic acids is 1. The Balaban J connectivity index is 1.54. The average Bonchev–Trinajstić information content (AvgIpc) is 3.23. The van der Waals surface area contributed by atoms with Crippen molar-refractivity contribution in [3.8, 4) is 11.5 Å². The van der Waals surface area contributed by atoms with Crippen molar-refractivity contribution >= 4 is 23.0 Å². The Kier molecular flexibility index (Phi) is 6.30. The van der Waals surface area contributed by atoms with Crippen LogP contribution in [0, 0.1) is 13.8 Å². The summed E-state index contributed by atoms with van der Waals surface area (Å²) in [6.45, 7) is 10.5. The number of nitrogens with zero attached hydrogens (tertiary/aromatic N) is 1. The Morgan fingerprint density at radius 2 is 1.51 bits per heavy atom. The van der Waals surface area contributed by atoms with Crippen LogP contribution in [-0.4, -0.2) is 19.1 Å². The molecule has 39 heavy (non-hydrogen) atoms. The summed E-state index contributed by atoms with van der Waals surface area (Å²) in [5.74, 6) is 1.11. The highest BCUT2D eigenvalue weighted by atomic mass is 16.6. The van der Waals surface area contributed by atoms with Crippen LogP contribution in [0.25, 0.3) is 0 Å². The zero-order chi connectivity index (χ0) is 27.1. The highest BCUT2D eigenvalue weighted by molar-refractivity contribution is 5.97. The third-order valence-corrected chi connectivity index (χ3v) is 7.73. The first kappa shape index (κ1) is 25.1. The van der Waals surface area contributed by atoms with Crippen molar-refractivity contribution in [3.63, 3.8) is 0 Å². The molecule has 6 rings (SSSR count). The summed E-state index contributed by atoms with van der Waals surface area (Å²) in [5.41, 5.74) is 7.31. The van der Waals surface area contributed by atoms with Gasteiger partial charge in [0.2, 0.25) is 0 Å². The van der Waals surface area contributed by atoms with E-state index >= 15 is 0 Å². The minimum Gasteiger partial charge on any atom is -0.456 e. The second kappa shape index (κ2) is 9.81. The second-order valence-corrected chi connectivity index (χ2v) is 10.5. The summed E-state index contributed by atoms with van der Waals surface area (Å²) in [7, 11) is 0. The van der Waals surface area contributed by atoms with Crippen LogP contribution in [0.1, 0.15) is 64.9 Å². The summed E-state index contributed by atoms with van der Waals surface area (Å²) in [4.78, 5) is 15.7. The van der Waals surface area contributed by atoms with Crippen molar-refractivity contribution in [3.05, 3.63) is 112 Å². The molecule has 1 N–H and O–H groups in total. The molecule has 0 aromatic heterocycles. The predicted molar refractivity (Wildman–Crippen MR) is 157 cm³/mol. The quantitative estimate of drug-likeness (QED) is 0.250. The average molecular weight is 519 g/mol. The van der Waals surface area contributed by atoms with Crippen molar-refractivity contribution in [1.29, 1.82) is 0 Å². The standard InChI is InChI=1S/C34H34N2O3/c1-5-17-36(18-6-2)25-15-16-28-32(20-25)38-31-19-23(4)30(35-24-13-11-22(3)12-14-24)21-29(31)34(28)27-10-8-7-9-26(27)33(37)39-34/h7-16,19-21,35H,5-6,17-18H2,1-4H3. The normalized spacial score (nSPS) is 16.7. The number of hydrogen-bond acceptors (Lipinski definition) is 5. The summed E-state index contributed by atoms with van der Waals surface area (Å²) >= 11 is 0. The second-order valence-electron chi connectivity index (χ2n) is 10.5. The van der Waals surface area contributed by atoms with Gasteiger partial charge in [-0.1, -0.05) is 49.7 Å². The zero-order valence-electron chi connectivity index (χ0n) is 23.0. The maximum atomic E-state index is 13.3. The first-order chi connectivity index (χ1) is 18.9. The van der Waals surface area contributed by atoms with E-state index in [1.165, 1.54) is 5.56 Å². The molecule has 0 aliphatic carbocycles. The lowest BCUT2D eigenvalue weighted by atomic mass is 9.77. The van der Waals surface area contributed by atoms with Crippen LogP contribution in [-0.2, 0) is 10.3 Å². The van der Waals surface area contributed by atoms with E-state index in [-0.39, 0.29) is 5.97 Å². The largest absolute Gasteiger partial charge is 0.456 e. The van der Waals surface area contributed by atoms with Crippen LogP contribution >= 0.6 is 0 Å². The molecule has 4 aromatic rings. The van der Waals surface area contributed by atoms with Gasteiger partial charge in [0, 0.05) is 52.9 Å².